The molecule has 0 unspecified atom stereocenters. The van der Waals surface area contributed by atoms with E-state index in [0.717, 1.165) is 149 Å². The smallest absolute Gasteiger partial charge is 0.305 e. The molecular formula is C83H124O44. The van der Waals surface area contributed by atoms with Crippen LogP contribution in [0.25, 0.3) is 0 Å². The summed E-state index contributed by atoms with van der Waals surface area (Å²) in [5, 5.41) is 0. The van der Waals surface area contributed by atoms with E-state index in [0.29, 0.717) is 38.5 Å². The van der Waals surface area contributed by atoms with Gasteiger partial charge in [0, 0.05) is 110 Å². The SMILES string of the molecule is CCCCC[C@@H](CCCCCCCCCC(=O)OC)O[C@@H]1O[C@H](C)[C@@H](OC(C)=O)[C@H](OC(C)=O)[C@H]1O[C@@H]1O[C@H](COC(C)=O)[C@@H](OC(C)=O)[C@H](OC(C)=O)[C@H]1O[C@@H]1O[C@@H](C)[C@H](O[C@@H]2O[C@H](C)[C@H](OC(C)=O)[C@H](OC(C)=O)[C@H]2OC(C)=O)[C@@H](O[C@@H]2O[C@H](COC(C)=O)[C@@H](OC(C)=O)[C@H](OC(C)=O)[C@H]2O[C@@H]2O[C@H](C)[C@@H](OC(C)=O)[C@H](OC(C)=O)[C@H]2OC(C)=O)[C@H]1OC(C)=O. The maximum atomic E-state index is 14.5. The van der Waals surface area contributed by atoms with Gasteiger partial charge in [0.2, 0.25) is 0 Å². The lowest BCUT2D eigenvalue weighted by Crippen LogP contribution is -2.70. The van der Waals surface area contributed by atoms with Gasteiger partial charge in [-0.2, -0.15) is 0 Å². The van der Waals surface area contributed by atoms with E-state index in [-0.39, 0.29) is 5.97 Å². The maximum absolute atomic E-state index is 14.5. The summed E-state index contributed by atoms with van der Waals surface area (Å²) in [7, 11) is 1.33. The molecule has 0 saturated carbocycles. The minimum Gasteiger partial charge on any atom is -0.469 e. The lowest BCUT2D eigenvalue weighted by atomic mass is 9.94. The molecule has 31 atom stereocenters. The Morgan fingerprint density at radius 3 is 0.803 bits per heavy atom. The van der Waals surface area contributed by atoms with Gasteiger partial charge in [-0.3, -0.25) is 76.7 Å². The minimum absolute atomic E-state index is 0.291. The maximum Gasteiger partial charge on any atom is 0.305 e. The van der Waals surface area contributed by atoms with Crippen molar-refractivity contribution in [2.45, 2.75) is 412 Å². The molecular weight excluding hydrogens is 1700 g/mol. The van der Waals surface area contributed by atoms with Crippen LogP contribution in [0.5, 0.6) is 0 Å². The quantitative estimate of drug-likeness (QED) is 0.0468. The molecule has 720 valence electrons. The third-order valence-corrected chi connectivity index (χ3v) is 20.5. The van der Waals surface area contributed by atoms with Crippen molar-refractivity contribution in [2.75, 3.05) is 20.3 Å². The number of carbonyl (C=O) groups excluding carboxylic acids is 16. The van der Waals surface area contributed by atoms with Crippen LogP contribution in [0.4, 0.5) is 0 Å². The first-order chi connectivity index (χ1) is 59.8. The molecule has 44 heteroatoms. The Morgan fingerprint density at radius 2 is 0.480 bits per heavy atom. The normalized spacial score (nSPS) is 33.1. The van der Waals surface area contributed by atoms with Crippen LogP contribution in [0.1, 0.15) is 222 Å². The average molecular weight is 1830 g/mol. The van der Waals surface area contributed by atoms with Crippen LogP contribution in [0.3, 0.4) is 0 Å². The second-order valence-corrected chi connectivity index (χ2v) is 31.3. The van der Waals surface area contributed by atoms with Gasteiger partial charge in [0.1, 0.15) is 37.6 Å². The Hall–Kier alpha value is -8.96. The van der Waals surface area contributed by atoms with E-state index in [9.17, 15) is 76.7 Å². The lowest BCUT2D eigenvalue weighted by molar-refractivity contribution is -0.414. The molecule has 0 aromatic carbocycles. The molecule has 0 amide bonds. The van der Waals surface area contributed by atoms with Crippen molar-refractivity contribution in [3.8, 4) is 0 Å². The summed E-state index contributed by atoms with van der Waals surface area (Å²) in [5.41, 5.74) is 0. The van der Waals surface area contributed by atoms with Crippen LogP contribution in [0.15, 0.2) is 0 Å². The number of rotatable bonds is 43. The Morgan fingerprint density at radius 1 is 0.244 bits per heavy atom. The summed E-state index contributed by atoms with van der Waals surface area (Å²) < 4.78 is 174. The molecule has 6 aliphatic heterocycles. The highest BCUT2D eigenvalue weighted by atomic mass is 16.8. The van der Waals surface area contributed by atoms with Gasteiger partial charge in [0.25, 0.3) is 0 Å². The van der Waals surface area contributed by atoms with Crippen LogP contribution < -0.4 is 0 Å². The van der Waals surface area contributed by atoms with E-state index in [1.807, 2.05) is 6.92 Å². The average Bonchev–Trinajstić information content (AvgIpc) is 0.748. The second kappa shape index (κ2) is 51.4. The zero-order valence-electron chi connectivity index (χ0n) is 75.5. The number of hydrogen-bond donors (Lipinski definition) is 0. The molecule has 0 bridgehead atoms. The van der Waals surface area contributed by atoms with Gasteiger partial charge >= 0.3 is 95.5 Å². The van der Waals surface area contributed by atoms with E-state index in [1.165, 1.54) is 34.8 Å². The number of methoxy groups -OCH3 is 1. The van der Waals surface area contributed by atoms with Gasteiger partial charge < -0.3 is 133 Å². The van der Waals surface area contributed by atoms with Crippen molar-refractivity contribution in [3.63, 3.8) is 0 Å². The monoisotopic (exact) mass is 1820 g/mol. The largest absolute Gasteiger partial charge is 0.469 e. The fourth-order valence-corrected chi connectivity index (χ4v) is 15.6. The van der Waals surface area contributed by atoms with E-state index >= 15 is 0 Å². The number of unbranched alkanes of at least 4 members (excludes halogenated alkanes) is 8. The molecule has 0 aromatic rings. The zero-order chi connectivity index (χ0) is 94.5. The second-order valence-electron chi connectivity index (χ2n) is 31.3. The molecule has 6 saturated heterocycles. The van der Waals surface area contributed by atoms with Crippen LogP contribution >= 0.6 is 0 Å². The highest BCUT2D eigenvalue weighted by molar-refractivity contribution is 5.72. The minimum atomic E-state index is -2.43. The van der Waals surface area contributed by atoms with Crippen molar-refractivity contribution in [1.82, 2.24) is 0 Å². The Labute approximate surface area is 734 Å². The molecule has 0 N–H and O–H groups in total. The van der Waals surface area contributed by atoms with Gasteiger partial charge in [-0.05, 0) is 47.0 Å². The summed E-state index contributed by atoms with van der Waals surface area (Å²) in [4.78, 5) is 213. The summed E-state index contributed by atoms with van der Waals surface area (Å²) in [6.45, 7) is 20.2. The third-order valence-electron chi connectivity index (χ3n) is 20.5. The van der Waals surface area contributed by atoms with Gasteiger partial charge in [-0.1, -0.05) is 64.7 Å². The molecule has 6 aliphatic rings. The molecule has 0 aromatic heterocycles. The highest BCUT2D eigenvalue weighted by Crippen LogP contribution is 2.44. The van der Waals surface area contributed by atoms with E-state index in [2.05, 4.69) is 0 Å². The number of esters is 16. The first kappa shape index (κ1) is 107. The third kappa shape index (κ3) is 33.2. The molecule has 0 aliphatic carbocycles. The van der Waals surface area contributed by atoms with E-state index in [4.69, 9.17) is 133 Å². The molecule has 0 spiro atoms. The van der Waals surface area contributed by atoms with E-state index < -0.39 is 293 Å². The van der Waals surface area contributed by atoms with Crippen molar-refractivity contribution in [2.24, 2.45) is 0 Å². The van der Waals surface area contributed by atoms with Gasteiger partial charge in [0.15, 0.2) is 135 Å². The van der Waals surface area contributed by atoms with Crippen LogP contribution in [0, 0.1) is 0 Å². The molecule has 6 fully saturated rings. The molecule has 0 radical (unpaired) electrons. The van der Waals surface area contributed by atoms with Crippen molar-refractivity contribution >= 4 is 95.5 Å². The Kier molecular flexibility index (Phi) is 43.3. The molecule has 44 nitrogen and oxygen atoms in total. The van der Waals surface area contributed by atoms with Crippen molar-refractivity contribution < 1.29 is 209 Å². The van der Waals surface area contributed by atoms with Gasteiger partial charge in [-0.15, -0.1) is 0 Å². The fraction of sp³-hybridized carbons (Fsp3) is 0.807. The molecule has 6 heterocycles. The highest BCUT2D eigenvalue weighted by Gasteiger charge is 2.64. The number of hydrogen-bond acceptors (Lipinski definition) is 44. The summed E-state index contributed by atoms with van der Waals surface area (Å²) in [6.07, 6.45) is -50.1. The van der Waals surface area contributed by atoms with Gasteiger partial charge in [-0.25, -0.2) is 0 Å². The Bertz CT molecular complexity index is 3700. The predicted molar refractivity (Wildman–Crippen MR) is 417 cm³/mol. The van der Waals surface area contributed by atoms with Gasteiger partial charge in [0.05, 0.1) is 37.6 Å². The predicted octanol–water partition coefficient (Wildman–Crippen LogP) is 4.23. The summed E-state index contributed by atoms with van der Waals surface area (Å²) >= 11 is 0. The first-order valence-corrected chi connectivity index (χ1v) is 42.2. The molecule has 6 rings (SSSR count). The first-order valence-electron chi connectivity index (χ1n) is 42.2. The topological polar surface area (TPSA) is 532 Å². The van der Waals surface area contributed by atoms with Crippen LogP contribution in [-0.4, -0.2) is 306 Å². The summed E-state index contributed by atoms with van der Waals surface area (Å²) in [6, 6.07) is 0. The fourth-order valence-electron chi connectivity index (χ4n) is 15.6. The van der Waals surface area contributed by atoms with Crippen LogP contribution in [0.2, 0.25) is 0 Å². The van der Waals surface area contributed by atoms with Crippen molar-refractivity contribution in [3.05, 3.63) is 0 Å². The number of carbonyl (C=O) groups is 16. The van der Waals surface area contributed by atoms with E-state index in [1.54, 1.807) is 0 Å². The zero-order valence-corrected chi connectivity index (χ0v) is 75.5. The molecule has 127 heavy (non-hydrogen) atoms. The lowest BCUT2D eigenvalue weighted by Gasteiger charge is -2.52. The van der Waals surface area contributed by atoms with Crippen LogP contribution in [-0.2, 0) is 209 Å². The number of ether oxygens (including phenoxy) is 28. The standard InChI is InChI=1S/C83H124O44/c1-22-23-29-32-56(33-30-27-25-24-26-28-31-34-59(99)100-21)120-78-75(68(114-50(15)93)62(37(2)103-78)109-45(10)88)127-83-77(71(116-52(17)95)65(111-47(12)90)58(122-83)36-102-42(7)85)126-81-74(119-55(20)98)69(63(40(5)106-81)123-79-72(117-53(18)96)66(112-48(13)91)60(38(3)104-79)107-43(8)86)124-82-76(70(115-51(16)94)64(110-46(11)89)57(121-82)35-101-41(6)84)125-80-73(118-54(19)97)67(113-49(14)92)61(39(4)105-80)108-44(9)87/h37-40,56-58,60-83H,22-36H2,1-21H3/t37-,38-,39-,40+,56+,57-,58-,60+,61-,62-,63+,64-,65-,66+,67+,68+,69-,70+,71+,72-,73-,74-,75-,76-,77-,78+,79+,80+,81+,82+,83+/m1/s1. The summed E-state index contributed by atoms with van der Waals surface area (Å²) in [5.74, 6) is -16.0. The van der Waals surface area contributed by atoms with Crippen molar-refractivity contribution in [1.29, 1.82) is 0 Å². The Balaban J connectivity index is 1.71.